The Morgan fingerprint density at radius 1 is 0.886 bits per heavy atom. The van der Waals surface area contributed by atoms with Crippen molar-refractivity contribution in [3.8, 4) is 11.1 Å². The highest BCUT2D eigenvalue weighted by molar-refractivity contribution is 5.68. The van der Waals surface area contributed by atoms with Gasteiger partial charge in [-0.05, 0) is 84.7 Å². The summed E-state index contributed by atoms with van der Waals surface area (Å²) in [6.45, 7) is 4.05. The summed E-state index contributed by atoms with van der Waals surface area (Å²) in [4.78, 5) is 0. The van der Waals surface area contributed by atoms with Crippen LogP contribution in [0.2, 0.25) is 0 Å². The van der Waals surface area contributed by atoms with E-state index in [1.54, 1.807) is 19.1 Å². The lowest BCUT2D eigenvalue weighted by atomic mass is 9.68. The molecule has 0 saturated heterocycles. The number of ether oxygens (including phenoxy) is 1. The van der Waals surface area contributed by atoms with E-state index < -0.39 is 12.0 Å². The molecule has 1 unspecified atom stereocenters. The number of hydrogen-bond donors (Lipinski definition) is 0. The molecule has 1 nitrogen and oxygen atoms in total. The molecule has 4 rings (SSSR count). The van der Waals surface area contributed by atoms with Crippen molar-refractivity contribution in [2.75, 3.05) is 6.61 Å². The summed E-state index contributed by atoms with van der Waals surface area (Å²) < 4.78 is 51.2. The summed E-state index contributed by atoms with van der Waals surface area (Å²) >= 11 is 0. The van der Waals surface area contributed by atoms with E-state index >= 15 is 8.78 Å². The van der Waals surface area contributed by atoms with E-state index in [9.17, 15) is 4.39 Å². The molecule has 0 bridgehead atoms. The van der Waals surface area contributed by atoms with Crippen LogP contribution in [0.3, 0.4) is 0 Å². The highest BCUT2D eigenvalue weighted by Crippen LogP contribution is 2.51. The Kier molecular flexibility index (Phi) is 8.33. The van der Waals surface area contributed by atoms with Gasteiger partial charge in [0.05, 0.1) is 0 Å². The Morgan fingerprint density at radius 2 is 1.57 bits per heavy atom. The van der Waals surface area contributed by atoms with Gasteiger partial charge in [0.1, 0.15) is 5.82 Å². The molecule has 0 spiro atoms. The van der Waals surface area contributed by atoms with Crippen molar-refractivity contribution < 1.29 is 17.9 Å². The molecule has 0 aromatic heterocycles. The van der Waals surface area contributed by atoms with Crippen LogP contribution in [0.4, 0.5) is 13.2 Å². The van der Waals surface area contributed by atoms with Gasteiger partial charge in [-0.1, -0.05) is 80.1 Å². The molecule has 1 saturated carbocycles. The number of rotatable bonds is 9. The third-order valence-corrected chi connectivity index (χ3v) is 7.52. The third kappa shape index (κ3) is 5.18. The lowest BCUT2D eigenvalue weighted by Gasteiger charge is -2.44. The zero-order valence-corrected chi connectivity index (χ0v) is 20.7. The van der Waals surface area contributed by atoms with Gasteiger partial charge >= 0.3 is 0 Å². The molecule has 1 fully saturated rings. The van der Waals surface area contributed by atoms with Gasteiger partial charge in [-0.25, -0.2) is 13.2 Å². The van der Waals surface area contributed by atoms with Crippen LogP contribution >= 0.6 is 0 Å². The normalized spacial score (nSPS) is 20.1. The Hall–Kier alpha value is -2.59. The first-order valence-corrected chi connectivity index (χ1v) is 12.9. The van der Waals surface area contributed by atoms with Crippen molar-refractivity contribution in [2.24, 2.45) is 5.92 Å². The number of halogens is 3. The van der Waals surface area contributed by atoms with Gasteiger partial charge in [0.25, 0.3) is 6.43 Å². The summed E-state index contributed by atoms with van der Waals surface area (Å²) in [5.74, 6) is -0.479. The highest BCUT2D eigenvalue weighted by atomic mass is 19.3. The summed E-state index contributed by atoms with van der Waals surface area (Å²) in [5, 5.41) is 0. The van der Waals surface area contributed by atoms with E-state index in [2.05, 4.69) is 6.92 Å². The summed E-state index contributed by atoms with van der Waals surface area (Å²) in [5.41, 5.74) is 2.24. The molecule has 0 aliphatic heterocycles. The Labute approximate surface area is 207 Å². The van der Waals surface area contributed by atoms with Crippen molar-refractivity contribution in [3.63, 3.8) is 0 Å². The van der Waals surface area contributed by atoms with Gasteiger partial charge in [0.2, 0.25) is 0 Å². The fourth-order valence-corrected chi connectivity index (χ4v) is 5.89. The van der Waals surface area contributed by atoms with Gasteiger partial charge in [0.15, 0.2) is 5.60 Å². The van der Waals surface area contributed by atoms with E-state index in [-0.39, 0.29) is 24.3 Å². The van der Waals surface area contributed by atoms with Gasteiger partial charge in [0, 0.05) is 6.61 Å². The van der Waals surface area contributed by atoms with Crippen molar-refractivity contribution in [1.29, 1.82) is 0 Å². The molecule has 1 atom stereocenters. The molecule has 1 aliphatic carbocycles. The fourth-order valence-electron chi connectivity index (χ4n) is 5.89. The number of alkyl halides is 2. The highest BCUT2D eigenvalue weighted by Gasteiger charge is 2.51. The molecule has 0 radical (unpaired) electrons. The van der Waals surface area contributed by atoms with Crippen LogP contribution in [0, 0.1) is 11.7 Å². The molecule has 3 aromatic carbocycles. The number of hydrogen-bond acceptors (Lipinski definition) is 1. The van der Waals surface area contributed by atoms with Crippen molar-refractivity contribution in [2.45, 2.75) is 70.3 Å². The third-order valence-electron chi connectivity index (χ3n) is 7.52. The largest absolute Gasteiger partial charge is 0.364 e. The maximum Gasteiger partial charge on any atom is 0.271 e. The zero-order valence-electron chi connectivity index (χ0n) is 20.7. The fraction of sp³-hybridized carbons (Fsp3) is 0.419. The predicted molar refractivity (Wildman–Crippen MR) is 136 cm³/mol. The van der Waals surface area contributed by atoms with Crippen molar-refractivity contribution in [1.82, 2.24) is 0 Å². The van der Waals surface area contributed by atoms with E-state index in [4.69, 9.17) is 4.74 Å². The maximum absolute atomic E-state index is 15.1. The van der Waals surface area contributed by atoms with Gasteiger partial charge in [-0.15, -0.1) is 0 Å². The molecule has 0 N–H and O–H groups in total. The lowest BCUT2D eigenvalue weighted by Crippen LogP contribution is -2.46. The van der Waals surface area contributed by atoms with Gasteiger partial charge in [-0.2, -0.15) is 0 Å². The van der Waals surface area contributed by atoms with Crippen molar-refractivity contribution >= 4 is 0 Å². The Balaban J connectivity index is 1.65. The molecule has 4 heteroatoms. The molecule has 1 aliphatic rings. The molecule has 35 heavy (non-hydrogen) atoms. The SMILES string of the molecule is CCCc1ccc(C2CCC(C(OCC)(c3ccccc3-c3ccccc3)C(F)F)CC2)c(F)c1. The van der Waals surface area contributed by atoms with E-state index in [1.165, 1.54) is 0 Å². The average Bonchev–Trinajstić information content (AvgIpc) is 2.88. The molecule has 0 heterocycles. The molecule has 0 amide bonds. The summed E-state index contributed by atoms with van der Waals surface area (Å²) in [6, 6.07) is 22.6. The van der Waals surface area contributed by atoms with Crippen LogP contribution < -0.4 is 0 Å². The topological polar surface area (TPSA) is 9.23 Å². The second-order valence-corrected chi connectivity index (χ2v) is 9.59. The summed E-state index contributed by atoms with van der Waals surface area (Å²) in [7, 11) is 0. The van der Waals surface area contributed by atoms with Gasteiger partial charge in [-0.3, -0.25) is 0 Å². The molecule has 3 aromatic rings. The summed E-state index contributed by atoms with van der Waals surface area (Å²) in [6.07, 6.45) is 1.62. The smallest absolute Gasteiger partial charge is 0.271 e. The minimum absolute atomic E-state index is 0.0447. The number of benzene rings is 3. The van der Waals surface area contributed by atoms with E-state index in [1.807, 2.05) is 60.7 Å². The maximum atomic E-state index is 15.1. The quantitative estimate of drug-likeness (QED) is 0.297. The predicted octanol–water partition coefficient (Wildman–Crippen LogP) is 8.92. The van der Waals surface area contributed by atoms with Crippen LogP contribution in [0.25, 0.3) is 11.1 Å². The first-order chi connectivity index (χ1) is 17.0. The standard InChI is InChI=1S/C31H35F3O/c1-3-10-22-15-20-27(29(32)21-22)24-16-18-25(19-17-24)31(30(33)34,35-4-2)28-14-9-8-13-26(28)23-11-6-5-7-12-23/h5-9,11-15,20-21,24-25,30H,3-4,10,16-19H2,1-2H3. The van der Waals surface area contributed by atoms with Crippen molar-refractivity contribution in [3.05, 3.63) is 95.3 Å². The minimum Gasteiger partial charge on any atom is -0.364 e. The first kappa shape index (κ1) is 25.5. The van der Waals surface area contributed by atoms with E-state index in [0.29, 0.717) is 36.8 Å². The number of aryl methyl sites for hydroxylation is 1. The van der Waals surface area contributed by atoms with E-state index in [0.717, 1.165) is 29.5 Å². The van der Waals surface area contributed by atoms with Crippen LogP contribution in [0.15, 0.2) is 72.8 Å². The zero-order chi connectivity index (χ0) is 24.8. The Bertz CT molecular complexity index is 1090. The van der Waals surface area contributed by atoms with Crippen LogP contribution in [-0.4, -0.2) is 13.0 Å². The second kappa shape index (κ2) is 11.4. The lowest BCUT2D eigenvalue weighted by molar-refractivity contribution is -0.184. The Morgan fingerprint density at radius 3 is 2.20 bits per heavy atom. The van der Waals surface area contributed by atoms with Crippen LogP contribution in [0.1, 0.15) is 68.6 Å². The second-order valence-electron chi connectivity index (χ2n) is 9.59. The van der Waals surface area contributed by atoms with Gasteiger partial charge < -0.3 is 4.74 Å². The molecular formula is C31H35F3O. The monoisotopic (exact) mass is 480 g/mol. The van der Waals surface area contributed by atoms with Crippen LogP contribution in [-0.2, 0) is 16.8 Å². The molecular weight excluding hydrogens is 445 g/mol. The molecule has 186 valence electrons. The minimum atomic E-state index is -2.68. The first-order valence-electron chi connectivity index (χ1n) is 12.9. The average molecular weight is 481 g/mol. The van der Waals surface area contributed by atoms with Crippen LogP contribution in [0.5, 0.6) is 0 Å².